The minimum Gasteiger partial charge on any atom is -0.374 e. The van der Waals surface area contributed by atoms with Gasteiger partial charge in [0, 0.05) is 0 Å². The van der Waals surface area contributed by atoms with E-state index in [0.717, 1.165) is 19.3 Å². The molecule has 0 aromatic heterocycles. The number of nitrogens with one attached hydrogen (secondary N) is 2. The van der Waals surface area contributed by atoms with Gasteiger partial charge in [0.05, 0.1) is 30.5 Å². The number of rotatable bonds is 6. The molecule has 0 aliphatic carbocycles. The summed E-state index contributed by atoms with van der Waals surface area (Å²) < 4.78 is 35.2. The van der Waals surface area contributed by atoms with Crippen LogP contribution in [0.25, 0.3) is 0 Å². The number of hydrogen-bond acceptors (Lipinski definition) is 4. The van der Waals surface area contributed by atoms with Crippen LogP contribution in [0.4, 0.5) is 4.79 Å². The molecular weight excluding hydrogens is 260 g/mol. The molecule has 3 unspecified atom stereocenters. The molecule has 0 radical (unpaired) electrons. The second-order valence-electron chi connectivity index (χ2n) is 4.76. The van der Waals surface area contributed by atoms with Crippen LogP contribution in [-0.4, -0.2) is 49.5 Å². The third-order valence-electron chi connectivity index (χ3n) is 3.33. The monoisotopic (exact) mass is 278 g/mol. The summed E-state index contributed by atoms with van der Waals surface area (Å²) in [7, 11) is -3.84. The summed E-state index contributed by atoms with van der Waals surface area (Å²) in [4.78, 5) is 11.1. The molecule has 7 nitrogen and oxygen atoms in total. The highest BCUT2D eigenvalue weighted by atomic mass is 32.2. The third kappa shape index (κ3) is 3.56. The average Bonchev–Trinajstić information content (AvgIpc) is 2.76. The molecule has 0 spiro atoms. The van der Waals surface area contributed by atoms with Crippen LogP contribution in [0, 0.1) is 0 Å². The second kappa shape index (κ2) is 5.41. The molecule has 0 saturated carbocycles. The molecule has 2 saturated heterocycles. The van der Waals surface area contributed by atoms with E-state index in [1.165, 1.54) is 0 Å². The molecule has 2 amide bonds. The van der Waals surface area contributed by atoms with Crippen molar-refractivity contribution in [2.75, 3.05) is 12.4 Å². The maximum absolute atomic E-state index is 11.1. The van der Waals surface area contributed by atoms with Crippen LogP contribution in [0.3, 0.4) is 0 Å². The molecule has 3 atom stereocenters. The second-order valence-corrected chi connectivity index (χ2v) is 6.33. The van der Waals surface area contributed by atoms with E-state index < -0.39 is 10.1 Å². The SMILES string of the molecule is O=C1NC2COC(CCCCCS(=O)(=O)O)C2N1. The summed E-state index contributed by atoms with van der Waals surface area (Å²) in [5.74, 6) is -0.192. The van der Waals surface area contributed by atoms with E-state index >= 15 is 0 Å². The van der Waals surface area contributed by atoms with Crippen molar-refractivity contribution in [1.29, 1.82) is 0 Å². The lowest BCUT2D eigenvalue weighted by atomic mass is 10.0. The predicted octanol–water partition coefficient (Wildman–Crippen LogP) is -0.117. The van der Waals surface area contributed by atoms with Gasteiger partial charge in [0.15, 0.2) is 0 Å². The van der Waals surface area contributed by atoms with E-state index in [4.69, 9.17) is 9.29 Å². The van der Waals surface area contributed by atoms with Gasteiger partial charge >= 0.3 is 6.03 Å². The first kappa shape index (κ1) is 13.6. The van der Waals surface area contributed by atoms with Crippen LogP contribution < -0.4 is 10.6 Å². The lowest BCUT2D eigenvalue weighted by molar-refractivity contribution is 0.0875. The smallest absolute Gasteiger partial charge is 0.315 e. The van der Waals surface area contributed by atoms with Gasteiger partial charge in [0.1, 0.15) is 0 Å². The molecule has 104 valence electrons. The number of ether oxygens (including phenoxy) is 1. The first-order valence-corrected chi connectivity index (χ1v) is 7.70. The van der Waals surface area contributed by atoms with Crippen LogP contribution in [0.1, 0.15) is 25.7 Å². The summed E-state index contributed by atoms with van der Waals surface area (Å²) >= 11 is 0. The van der Waals surface area contributed by atoms with Crippen molar-refractivity contribution in [1.82, 2.24) is 10.6 Å². The molecule has 2 fully saturated rings. The first-order chi connectivity index (χ1) is 8.46. The molecular formula is C10H18N2O5S. The van der Waals surface area contributed by atoms with Crippen molar-refractivity contribution < 1.29 is 22.5 Å². The number of hydrogen-bond donors (Lipinski definition) is 3. The Bertz CT molecular complexity index is 410. The quantitative estimate of drug-likeness (QED) is 0.464. The highest BCUT2D eigenvalue weighted by Crippen LogP contribution is 2.22. The van der Waals surface area contributed by atoms with Crippen LogP contribution in [-0.2, 0) is 14.9 Å². The van der Waals surface area contributed by atoms with Crippen LogP contribution in [0.5, 0.6) is 0 Å². The molecule has 3 N–H and O–H groups in total. The maximum Gasteiger partial charge on any atom is 0.315 e. The van der Waals surface area contributed by atoms with Crippen LogP contribution >= 0.6 is 0 Å². The van der Waals surface area contributed by atoms with Gasteiger partial charge < -0.3 is 15.4 Å². The zero-order valence-electron chi connectivity index (χ0n) is 9.96. The zero-order chi connectivity index (χ0) is 13.2. The topological polar surface area (TPSA) is 105 Å². The molecule has 18 heavy (non-hydrogen) atoms. The van der Waals surface area contributed by atoms with Gasteiger partial charge in [0.25, 0.3) is 10.1 Å². The van der Waals surface area contributed by atoms with Gasteiger partial charge in [-0.3, -0.25) is 4.55 Å². The van der Waals surface area contributed by atoms with Crippen LogP contribution in [0.2, 0.25) is 0 Å². The summed E-state index contributed by atoms with van der Waals surface area (Å²) in [5, 5.41) is 5.60. The zero-order valence-corrected chi connectivity index (χ0v) is 10.8. The van der Waals surface area contributed by atoms with Crippen molar-refractivity contribution in [3.8, 4) is 0 Å². The fourth-order valence-corrected chi connectivity index (χ4v) is 3.02. The fraction of sp³-hybridized carbons (Fsp3) is 0.900. The maximum atomic E-state index is 11.1. The van der Waals surface area contributed by atoms with E-state index in [2.05, 4.69) is 10.6 Å². The van der Waals surface area contributed by atoms with Crippen molar-refractivity contribution in [3.05, 3.63) is 0 Å². The lowest BCUT2D eigenvalue weighted by Crippen LogP contribution is -2.37. The summed E-state index contributed by atoms with van der Waals surface area (Å²) in [6.07, 6.45) is 2.77. The van der Waals surface area contributed by atoms with Gasteiger partial charge in [-0.15, -0.1) is 0 Å². The Labute approximate surface area is 106 Å². The van der Waals surface area contributed by atoms with Crippen molar-refractivity contribution >= 4 is 16.1 Å². The van der Waals surface area contributed by atoms with Gasteiger partial charge in [-0.05, 0) is 12.8 Å². The Balaban J connectivity index is 1.64. The molecule has 2 aliphatic heterocycles. The summed E-state index contributed by atoms with van der Waals surface area (Å²) in [6.45, 7) is 0.527. The molecule has 0 aromatic rings. The number of fused-ring (bicyclic) bond motifs is 1. The molecule has 2 aliphatic rings. The van der Waals surface area contributed by atoms with E-state index in [1.807, 2.05) is 0 Å². The number of amides is 2. The molecule has 8 heteroatoms. The minimum atomic E-state index is -3.84. The van der Waals surface area contributed by atoms with Crippen LogP contribution in [0.15, 0.2) is 0 Å². The Morgan fingerprint density at radius 1 is 1.28 bits per heavy atom. The summed E-state index contributed by atoms with van der Waals surface area (Å²) in [6, 6.07) is -0.0657. The Morgan fingerprint density at radius 3 is 2.78 bits per heavy atom. The molecule has 0 aromatic carbocycles. The average molecular weight is 278 g/mol. The van der Waals surface area contributed by atoms with E-state index in [-0.39, 0.29) is 30.0 Å². The minimum absolute atomic E-state index is 0.000293. The van der Waals surface area contributed by atoms with Crippen molar-refractivity contribution in [2.24, 2.45) is 0 Å². The highest BCUT2D eigenvalue weighted by molar-refractivity contribution is 7.85. The molecule has 0 bridgehead atoms. The Kier molecular flexibility index (Phi) is 4.08. The highest BCUT2D eigenvalue weighted by Gasteiger charge is 2.42. The van der Waals surface area contributed by atoms with Crippen molar-refractivity contribution in [3.63, 3.8) is 0 Å². The Morgan fingerprint density at radius 2 is 2.06 bits per heavy atom. The Hall–Kier alpha value is -0.860. The number of unbranched alkanes of at least 4 members (excludes halogenated alkanes) is 2. The van der Waals surface area contributed by atoms with E-state index in [9.17, 15) is 13.2 Å². The largest absolute Gasteiger partial charge is 0.374 e. The van der Waals surface area contributed by atoms with E-state index in [1.54, 1.807) is 0 Å². The fourth-order valence-electron chi connectivity index (χ4n) is 2.45. The van der Waals surface area contributed by atoms with Gasteiger partial charge in [-0.2, -0.15) is 8.42 Å². The number of carbonyl (C=O) groups excluding carboxylic acids is 1. The standard InChI is InChI=1S/C10H18N2O5S/c13-10-11-7-6-17-8(9(7)12-10)4-2-1-3-5-18(14,15)16/h7-9H,1-6H2,(H2,11,12,13)(H,14,15,16). The number of urea groups is 1. The number of carbonyl (C=O) groups is 1. The predicted molar refractivity (Wildman–Crippen MR) is 63.9 cm³/mol. The normalized spacial score (nSPS) is 30.9. The van der Waals surface area contributed by atoms with Gasteiger partial charge in [0.2, 0.25) is 0 Å². The molecule has 2 heterocycles. The third-order valence-corrected chi connectivity index (χ3v) is 4.13. The first-order valence-electron chi connectivity index (χ1n) is 6.09. The lowest BCUT2D eigenvalue weighted by Gasteiger charge is -2.15. The van der Waals surface area contributed by atoms with E-state index in [0.29, 0.717) is 13.0 Å². The van der Waals surface area contributed by atoms with Gasteiger partial charge in [-0.25, -0.2) is 4.79 Å². The van der Waals surface area contributed by atoms with Gasteiger partial charge in [-0.1, -0.05) is 12.8 Å². The molecule has 2 rings (SSSR count). The summed E-state index contributed by atoms with van der Waals surface area (Å²) in [5.41, 5.74) is 0. The van der Waals surface area contributed by atoms with Crippen molar-refractivity contribution in [2.45, 2.75) is 43.9 Å².